The van der Waals surface area contributed by atoms with Crippen LogP contribution in [0, 0.1) is 17.8 Å². The normalized spacial score (nSPS) is 31.6. The van der Waals surface area contributed by atoms with Gasteiger partial charge in [-0.15, -0.1) is 0 Å². The molecular weight excluding hydrogens is 248 g/mol. The Morgan fingerprint density at radius 1 is 1.15 bits per heavy atom. The number of hydrogen-bond acceptors (Lipinski definition) is 2. The maximum absolute atomic E-state index is 12.2. The van der Waals surface area contributed by atoms with E-state index in [-0.39, 0.29) is 11.9 Å². The summed E-state index contributed by atoms with van der Waals surface area (Å²) >= 11 is 0. The van der Waals surface area contributed by atoms with Crippen molar-refractivity contribution >= 4 is 5.91 Å². The Morgan fingerprint density at radius 3 is 2.35 bits per heavy atom. The van der Waals surface area contributed by atoms with Gasteiger partial charge in [-0.2, -0.15) is 0 Å². The van der Waals surface area contributed by atoms with Gasteiger partial charge in [0.15, 0.2) is 0 Å². The molecule has 3 unspecified atom stereocenters. The van der Waals surface area contributed by atoms with Crippen LogP contribution in [0.25, 0.3) is 0 Å². The zero-order chi connectivity index (χ0) is 14.7. The Labute approximate surface area is 124 Å². The molecular formula is C17H32N2O. The highest BCUT2D eigenvalue weighted by molar-refractivity contribution is 5.81. The standard InChI is InChI=1S/C17H32N2O/c1-5-15(6-2)19-17(20)12(4)18-11(3)16-10-13-7-8-14(16)9-13/h11-16,18H,5-10H2,1-4H3,(H,19,20)/t11?,12?,13-,14+,16?/m0/s1. The average molecular weight is 280 g/mol. The van der Waals surface area contributed by atoms with Crippen molar-refractivity contribution in [1.29, 1.82) is 0 Å². The van der Waals surface area contributed by atoms with E-state index in [1.54, 1.807) is 0 Å². The van der Waals surface area contributed by atoms with E-state index in [2.05, 4.69) is 31.4 Å². The topological polar surface area (TPSA) is 41.1 Å². The summed E-state index contributed by atoms with van der Waals surface area (Å²) in [5.41, 5.74) is 0. The third-order valence-corrected chi connectivity index (χ3v) is 5.67. The van der Waals surface area contributed by atoms with Crippen LogP contribution in [0.15, 0.2) is 0 Å². The van der Waals surface area contributed by atoms with E-state index < -0.39 is 0 Å². The van der Waals surface area contributed by atoms with Gasteiger partial charge in [0, 0.05) is 12.1 Å². The minimum absolute atomic E-state index is 0.0790. The average Bonchev–Trinajstić information content (AvgIpc) is 3.06. The van der Waals surface area contributed by atoms with Crippen molar-refractivity contribution in [3.8, 4) is 0 Å². The number of hydrogen-bond donors (Lipinski definition) is 2. The van der Waals surface area contributed by atoms with Gasteiger partial charge in [0.1, 0.15) is 0 Å². The Morgan fingerprint density at radius 2 is 1.85 bits per heavy atom. The molecule has 2 saturated carbocycles. The number of carbonyl (C=O) groups excluding carboxylic acids is 1. The van der Waals surface area contributed by atoms with Crippen molar-refractivity contribution in [1.82, 2.24) is 10.6 Å². The van der Waals surface area contributed by atoms with Gasteiger partial charge in [0.25, 0.3) is 0 Å². The summed E-state index contributed by atoms with van der Waals surface area (Å²) in [6.45, 7) is 8.53. The van der Waals surface area contributed by atoms with Gasteiger partial charge >= 0.3 is 0 Å². The molecule has 2 N–H and O–H groups in total. The van der Waals surface area contributed by atoms with Crippen molar-refractivity contribution in [2.24, 2.45) is 17.8 Å². The van der Waals surface area contributed by atoms with Crippen LogP contribution in [0.5, 0.6) is 0 Å². The van der Waals surface area contributed by atoms with Crippen LogP contribution in [-0.2, 0) is 4.79 Å². The van der Waals surface area contributed by atoms with Crippen LogP contribution in [0.4, 0.5) is 0 Å². The molecule has 0 aliphatic heterocycles. The fourth-order valence-corrected chi connectivity index (χ4v) is 4.32. The lowest BCUT2D eigenvalue weighted by Gasteiger charge is -2.31. The van der Waals surface area contributed by atoms with E-state index in [1.165, 1.54) is 25.7 Å². The van der Waals surface area contributed by atoms with Gasteiger partial charge in [0.05, 0.1) is 6.04 Å². The summed E-state index contributed by atoms with van der Waals surface area (Å²) in [6, 6.07) is 0.710. The van der Waals surface area contributed by atoms with E-state index in [9.17, 15) is 4.79 Å². The molecule has 2 bridgehead atoms. The van der Waals surface area contributed by atoms with Crippen molar-refractivity contribution in [2.75, 3.05) is 0 Å². The molecule has 2 aliphatic carbocycles. The van der Waals surface area contributed by atoms with Crippen molar-refractivity contribution < 1.29 is 4.79 Å². The second kappa shape index (κ2) is 6.93. The predicted molar refractivity (Wildman–Crippen MR) is 83.5 cm³/mol. The number of nitrogens with one attached hydrogen (secondary N) is 2. The molecule has 3 heteroatoms. The number of fused-ring (bicyclic) bond motifs is 2. The first kappa shape index (κ1) is 15.8. The first-order valence-corrected chi connectivity index (χ1v) is 8.61. The molecule has 116 valence electrons. The van der Waals surface area contributed by atoms with Crippen LogP contribution in [0.1, 0.15) is 66.2 Å². The second-order valence-electron chi connectivity index (χ2n) is 7.04. The monoisotopic (exact) mass is 280 g/mol. The minimum Gasteiger partial charge on any atom is -0.352 e. The molecule has 20 heavy (non-hydrogen) atoms. The zero-order valence-corrected chi connectivity index (χ0v) is 13.6. The highest BCUT2D eigenvalue weighted by atomic mass is 16.2. The lowest BCUT2D eigenvalue weighted by atomic mass is 9.84. The highest BCUT2D eigenvalue weighted by Crippen LogP contribution is 2.49. The van der Waals surface area contributed by atoms with E-state index in [0.29, 0.717) is 12.1 Å². The van der Waals surface area contributed by atoms with E-state index in [1.807, 2.05) is 6.92 Å². The van der Waals surface area contributed by atoms with Crippen molar-refractivity contribution in [2.45, 2.75) is 84.3 Å². The van der Waals surface area contributed by atoms with E-state index in [0.717, 1.165) is 30.6 Å². The predicted octanol–water partition coefficient (Wildman–Crippen LogP) is 3.09. The molecule has 0 saturated heterocycles. The first-order chi connectivity index (χ1) is 9.55. The Balaban J connectivity index is 1.78. The van der Waals surface area contributed by atoms with Gasteiger partial charge < -0.3 is 10.6 Å². The molecule has 0 aromatic heterocycles. The molecule has 1 amide bonds. The number of amides is 1. The van der Waals surface area contributed by atoms with Gasteiger partial charge in [-0.1, -0.05) is 20.3 Å². The third kappa shape index (κ3) is 3.55. The van der Waals surface area contributed by atoms with Crippen LogP contribution in [-0.4, -0.2) is 24.0 Å². The zero-order valence-electron chi connectivity index (χ0n) is 13.6. The van der Waals surface area contributed by atoms with Crippen LogP contribution < -0.4 is 10.6 Å². The Kier molecular flexibility index (Phi) is 5.48. The third-order valence-electron chi connectivity index (χ3n) is 5.67. The van der Waals surface area contributed by atoms with Crippen LogP contribution in [0.2, 0.25) is 0 Å². The highest BCUT2D eigenvalue weighted by Gasteiger charge is 2.42. The fraction of sp³-hybridized carbons (Fsp3) is 0.941. The maximum atomic E-state index is 12.2. The van der Waals surface area contributed by atoms with Crippen LogP contribution >= 0.6 is 0 Å². The van der Waals surface area contributed by atoms with Crippen molar-refractivity contribution in [3.05, 3.63) is 0 Å². The summed E-state index contributed by atoms with van der Waals surface area (Å²) in [7, 11) is 0. The Hall–Kier alpha value is -0.570. The number of rotatable bonds is 7. The van der Waals surface area contributed by atoms with E-state index >= 15 is 0 Å². The molecule has 0 radical (unpaired) electrons. The fourth-order valence-electron chi connectivity index (χ4n) is 4.32. The molecule has 0 heterocycles. The molecule has 0 aromatic rings. The summed E-state index contributed by atoms with van der Waals surface area (Å²) in [5.74, 6) is 2.84. The molecule has 2 rings (SSSR count). The molecule has 0 aromatic carbocycles. The summed E-state index contributed by atoms with van der Waals surface area (Å²) in [5, 5.41) is 6.69. The molecule has 5 atom stereocenters. The van der Waals surface area contributed by atoms with Gasteiger partial charge in [-0.3, -0.25) is 4.79 Å². The summed E-state index contributed by atoms with van der Waals surface area (Å²) < 4.78 is 0. The quantitative estimate of drug-likeness (QED) is 0.752. The SMILES string of the molecule is CCC(CC)NC(=O)C(C)NC(C)C1C[C@H]2CC[C@@H]1C2. The van der Waals surface area contributed by atoms with Gasteiger partial charge in [-0.25, -0.2) is 0 Å². The molecule has 3 nitrogen and oxygen atoms in total. The van der Waals surface area contributed by atoms with Crippen molar-refractivity contribution in [3.63, 3.8) is 0 Å². The molecule has 0 spiro atoms. The largest absolute Gasteiger partial charge is 0.352 e. The van der Waals surface area contributed by atoms with E-state index in [4.69, 9.17) is 0 Å². The molecule has 2 fully saturated rings. The molecule has 2 aliphatic rings. The Bertz CT molecular complexity index is 327. The first-order valence-electron chi connectivity index (χ1n) is 8.61. The smallest absolute Gasteiger partial charge is 0.237 e. The lowest BCUT2D eigenvalue weighted by Crippen LogP contribution is -2.50. The van der Waals surface area contributed by atoms with Crippen LogP contribution in [0.3, 0.4) is 0 Å². The lowest BCUT2D eigenvalue weighted by molar-refractivity contribution is -0.123. The van der Waals surface area contributed by atoms with Gasteiger partial charge in [0.2, 0.25) is 5.91 Å². The maximum Gasteiger partial charge on any atom is 0.237 e. The number of carbonyl (C=O) groups is 1. The van der Waals surface area contributed by atoms with Gasteiger partial charge in [-0.05, 0) is 63.7 Å². The second-order valence-corrected chi connectivity index (χ2v) is 7.04. The minimum atomic E-state index is -0.0790. The summed E-state index contributed by atoms with van der Waals surface area (Å²) in [6.07, 6.45) is 7.69. The summed E-state index contributed by atoms with van der Waals surface area (Å²) in [4.78, 5) is 12.2.